The number of esters is 1. The standard InChI is InChI=1S/C11H15NO3/c1-14-8-9-4-3-5-10(6-9)12-7-11(13)15-2/h3-6,12H,7-8H2,1-2H3. The van der Waals surface area contributed by atoms with Crippen molar-refractivity contribution in [3.8, 4) is 0 Å². The summed E-state index contributed by atoms with van der Waals surface area (Å²) < 4.78 is 9.53. The van der Waals surface area contributed by atoms with E-state index < -0.39 is 0 Å². The van der Waals surface area contributed by atoms with E-state index in [0.717, 1.165) is 11.3 Å². The zero-order valence-corrected chi connectivity index (χ0v) is 8.95. The van der Waals surface area contributed by atoms with Crippen molar-refractivity contribution >= 4 is 11.7 Å². The maximum atomic E-state index is 10.9. The van der Waals surface area contributed by atoms with Gasteiger partial charge in [0.1, 0.15) is 6.54 Å². The van der Waals surface area contributed by atoms with Crippen LogP contribution in [0.5, 0.6) is 0 Å². The third-order valence-electron chi connectivity index (χ3n) is 1.90. The number of hydrogen-bond acceptors (Lipinski definition) is 4. The molecule has 15 heavy (non-hydrogen) atoms. The van der Waals surface area contributed by atoms with Gasteiger partial charge >= 0.3 is 5.97 Å². The highest BCUT2D eigenvalue weighted by molar-refractivity contribution is 5.74. The van der Waals surface area contributed by atoms with Crippen molar-refractivity contribution in [2.45, 2.75) is 6.61 Å². The molecule has 0 fully saturated rings. The predicted octanol–water partition coefficient (Wildman–Crippen LogP) is 1.42. The average molecular weight is 209 g/mol. The molecule has 82 valence electrons. The third kappa shape index (κ3) is 3.99. The first-order valence-electron chi connectivity index (χ1n) is 4.65. The first-order chi connectivity index (χ1) is 7.26. The van der Waals surface area contributed by atoms with Gasteiger partial charge in [0, 0.05) is 12.8 Å². The number of hydrogen-bond donors (Lipinski definition) is 1. The van der Waals surface area contributed by atoms with Crippen LogP contribution in [0.3, 0.4) is 0 Å². The fourth-order valence-electron chi connectivity index (χ4n) is 1.18. The molecule has 1 aromatic carbocycles. The highest BCUT2D eigenvalue weighted by atomic mass is 16.5. The minimum Gasteiger partial charge on any atom is -0.468 e. The Hall–Kier alpha value is -1.55. The third-order valence-corrected chi connectivity index (χ3v) is 1.90. The molecule has 1 N–H and O–H groups in total. The summed E-state index contributed by atoms with van der Waals surface area (Å²) in [6.07, 6.45) is 0. The maximum absolute atomic E-state index is 10.9. The summed E-state index contributed by atoms with van der Waals surface area (Å²) >= 11 is 0. The number of nitrogens with one attached hydrogen (secondary N) is 1. The van der Waals surface area contributed by atoms with Crippen LogP contribution in [0.25, 0.3) is 0 Å². The summed E-state index contributed by atoms with van der Waals surface area (Å²) in [5.74, 6) is -0.285. The molecular formula is C11H15NO3. The van der Waals surface area contributed by atoms with Gasteiger partial charge in [-0.15, -0.1) is 0 Å². The van der Waals surface area contributed by atoms with E-state index >= 15 is 0 Å². The lowest BCUT2D eigenvalue weighted by atomic mass is 10.2. The molecule has 0 bridgehead atoms. The summed E-state index contributed by atoms with van der Waals surface area (Å²) in [7, 11) is 3.01. The fourth-order valence-corrected chi connectivity index (χ4v) is 1.18. The van der Waals surface area contributed by atoms with Crippen molar-refractivity contribution in [2.75, 3.05) is 26.1 Å². The van der Waals surface area contributed by atoms with Crippen LogP contribution in [-0.2, 0) is 20.9 Å². The summed E-state index contributed by atoms with van der Waals surface area (Å²) in [4.78, 5) is 10.9. The summed E-state index contributed by atoms with van der Waals surface area (Å²) in [6, 6.07) is 7.70. The van der Waals surface area contributed by atoms with Gasteiger partial charge in [0.2, 0.25) is 0 Å². The first-order valence-corrected chi connectivity index (χ1v) is 4.65. The van der Waals surface area contributed by atoms with E-state index in [2.05, 4.69) is 10.1 Å². The predicted molar refractivity (Wildman–Crippen MR) is 57.7 cm³/mol. The van der Waals surface area contributed by atoms with Gasteiger partial charge in [0.05, 0.1) is 13.7 Å². The molecule has 0 aliphatic carbocycles. The van der Waals surface area contributed by atoms with E-state index in [4.69, 9.17) is 4.74 Å². The highest BCUT2D eigenvalue weighted by Gasteiger charge is 2.00. The van der Waals surface area contributed by atoms with Gasteiger partial charge in [-0.25, -0.2) is 0 Å². The molecule has 0 radical (unpaired) electrons. The molecule has 0 heterocycles. The SMILES string of the molecule is COCc1cccc(NCC(=O)OC)c1. The second kappa shape index (κ2) is 6.03. The molecule has 0 saturated heterocycles. The van der Waals surface area contributed by atoms with Crippen LogP contribution in [0, 0.1) is 0 Å². The van der Waals surface area contributed by atoms with Crippen molar-refractivity contribution in [3.63, 3.8) is 0 Å². The molecule has 1 aromatic rings. The fraction of sp³-hybridized carbons (Fsp3) is 0.364. The number of ether oxygens (including phenoxy) is 2. The Balaban J connectivity index is 2.53. The second-order valence-corrected chi connectivity index (χ2v) is 3.06. The number of rotatable bonds is 5. The van der Waals surface area contributed by atoms with E-state index in [9.17, 15) is 4.79 Å². The van der Waals surface area contributed by atoms with Gasteiger partial charge in [-0.3, -0.25) is 4.79 Å². The molecule has 0 aromatic heterocycles. The highest BCUT2D eigenvalue weighted by Crippen LogP contribution is 2.10. The van der Waals surface area contributed by atoms with E-state index in [0.29, 0.717) is 6.61 Å². The van der Waals surface area contributed by atoms with Crippen molar-refractivity contribution in [2.24, 2.45) is 0 Å². The Kier molecular flexibility index (Phi) is 4.63. The summed E-state index contributed by atoms with van der Waals surface area (Å²) in [5, 5.41) is 2.96. The molecule has 1 rings (SSSR count). The molecule has 0 amide bonds. The number of anilines is 1. The number of carbonyl (C=O) groups is 1. The van der Waals surface area contributed by atoms with Crippen molar-refractivity contribution < 1.29 is 14.3 Å². The van der Waals surface area contributed by atoms with E-state index in [1.54, 1.807) is 7.11 Å². The monoisotopic (exact) mass is 209 g/mol. The number of carbonyl (C=O) groups excluding carboxylic acids is 1. The largest absolute Gasteiger partial charge is 0.468 e. The van der Waals surface area contributed by atoms with Gasteiger partial charge in [0.25, 0.3) is 0 Å². The van der Waals surface area contributed by atoms with E-state index in [1.165, 1.54) is 7.11 Å². The Morgan fingerprint density at radius 2 is 2.20 bits per heavy atom. The van der Waals surface area contributed by atoms with Crippen molar-refractivity contribution in [1.82, 2.24) is 0 Å². The second-order valence-electron chi connectivity index (χ2n) is 3.06. The lowest BCUT2D eigenvalue weighted by Crippen LogP contribution is -2.14. The Bertz CT molecular complexity index is 325. The number of methoxy groups -OCH3 is 2. The molecule has 0 atom stereocenters. The quantitative estimate of drug-likeness (QED) is 0.745. The Labute approximate surface area is 89.2 Å². The smallest absolute Gasteiger partial charge is 0.325 e. The minimum atomic E-state index is -0.285. The van der Waals surface area contributed by atoms with Gasteiger partial charge in [0.15, 0.2) is 0 Å². The Morgan fingerprint density at radius 3 is 2.87 bits per heavy atom. The molecule has 0 saturated carbocycles. The van der Waals surface area contributed by atoms with Crippen molar-refractivity contribution in [3.05, 3.63) is 29.8 Å². The molecule has 0 spiro atoms. The van der Waals surface area contributed by atoms with Gasteiger partial charge in [-0.2, -0.15) is 0 Å². The van der Waals surface area contributed by atoms with Crippen LogP contribution >= 0.6 is 0 Å². The minimum absolute atomic E-state index is 0.174. The Morgan fingerprint density at radius 1 is 1.40 bits per heavy atom. The molecule has 0 aliphatic rings. The maximum Gasteiger partial charge on any atom is 0.325 e. The van der Waals surface area contributed by atoms with Gasteiger partial charge in [-0.05, 0) is 17.7 Å². The van der Waals surface area contributed by atoms with Crippen LogP contribution in [0.1, 0.15) is 5.56 Å². The molecule has 0 unspecified atom stereocenters. The zero-order chi connectivity index (χ0) is 11.1. The summed E-state index contributed by atoms with van der Waals surface area (Å²) in [6.45, 7) is 0.737. The lowest BCUT2D eigenvalue weighted by molar-refractivity contribution is -0.138. The van der Waals surface area contributed by atoms with E-state index in [1.807, 2.05) is 24.3 Å². The number of benzene rings is 1. The van der Waals surface area contributed by atoms with Gasteiger partial charge in [-0.1, -0.05) is 12.1 Å². The van der Waals surface area contributed by atoms with Crippen LogP contribution in [0.2, 0.25) is 0 Å². The molecule has 4 heteroatoms. The molecular weight excluding hydrogens is 194 g/mol. The van der Waals surface area contributed by atoms with Crippen LogP contribution < -0.4 is 5.32 Å². The van der Waals surface area contributed by atoms with Crippen LogP contribution in [-0.4, -0.2) is 26.7 Å². The van der Waals surface area contributed by atoms with Crippen molar-refractivity contribution in [1.29, 1.82) is 0 Å². The topological polar surface area (TPSA) is 47.6 Å². The normalized spacial score (nSPS) is 9.73. The lowest BCUT2D eigenvalue weighted by Gasteiger charge is -2.06. The van der Waals surface area contributed by atoms with E-state index in [-0.39, 0.29) is 12.5 Å². The molecule has 4 nitrogen and oxygen atoms in total. The average Bonchev–Trinajstić information content (AvgIpc) is 2.27. The first kappa shape index (κ1) is 11.5. The zero-order valence-electron chi connectivity index (χ0n) is 8.95. The van der Waals surface area contributed by atoms with Gasteiger partial charge < -0.3 is 14.8 Å². The summed E-state index contributed by atoms with van der Waals surface area (Å²) in [5.41, 5.74) is 1.95. The molecule has 0 aliphatic heterocycles. The van der Waals surface area contributed by atoms with Crippen LogP contribution in [0.4, 0.5) is 5.69 Å². The van der Waals surface area contributed by atoms with Crippen LogP contribution in [0.15, 0.2) is 24.3 Å².